The van der Waals surface area contributed by atoms with Gasteiger partial charge in [-0.05, 0) is 49.6 Å². The van der Waals surface area contributed by atoms with Gasteiger partial charge >= 0.3 is 0 Å². The van der Waals surface area contributed by atoms with Gasteiger partial charge in [0.25, 0.3) is 0 Å². The Morgan fingerprint density at radius 3 is 2.36 bits per heavy atom. The average Bonchev–Trinajstić information content (AvgIpc) is 2.09. The van der Waals surface area contributed by atoms with Gasteiger partial charge < -0.3 is 0 Å². The quantitative estimate of drug-likeness (QED) is 0.810. The largest absolute Gasteiger partial charge is 0.278 e. The summed E-state index contributed by atoms with van der Waals surface area (Å²) in [6, 6.07) is 6.78. The van der Waals surface area contributed by atoms with Gasteiger partial charge in [-0.25, -0.2) is 0 Å². The molecule has 1 aromatic carbocycles. The lowest BCUT2D eigenvalue weighted by Gasteiger charge is -2.33. The number of benzene rings is 1. The third-order valence-corrected chi connectivity index (χ3v) is 5.02. The van der Waals surface area contributed by atoms with Crippen molar-refractivity contribution >= 4 is 10.2 Å². The summed E-state index contributed by atoms with van der Waals surface area (Å²) >= 11 is 0. The normalized spacial score (nSPS) is 12.9. The molecule has 1 rings (SSSR count). The lowest BCUT2D eigenvalue weighted by molar-refractivity contribution is 1.01. The van der Waals surface area contributed by atoms with Crippen LogP contribution in [0.25, 0.3) is 0 Å². The van der Waals surface area contributed by atoms with Crippen LogP contribution in [0.5, 0.6) is 0 Å². The summed E-state index contributed by atoms with van der Waals surface area (Å²) in [5.74, 6) is 0. The molecule has 0 aromatic heterocycles. The van der Waals surface area contributed by atoms with Crippen LogP contribution in [-0.4, -0.2) is 19.1 Å². The molecule has 1 nitrogen and oxygen atoms in total. The Hall–Kier alpha value is -0.470. The van der Waals surface area contributed by atoms with Gasteiger partial charge in [0, 0.05) is 12.9 Å². The first-order chi connectivity index (χ1) is 6.47. The third kappa shape index (κ3) is 2.52. The Balaban J connectivity index is 0.00000196. The number of rotatable bonds is 3. The van der Waals surface area contributed by atoms with E-state index in [2.05, 4.69) is 56.2 Å². The second-order valence-corrected chi connectivity index (χ2v) is 7.48. The molecule has 82 valence electrons. The molecule has 0 radical (unpaired) electrons. The minimum Gasteiger partial charge on any atom is -0.278 e. The Morgan fingerprint density at radius 1 is 1.21 bits per heavy atom. The number of nitrogens with one attached hydrogen (secondary N) is 1. The number of hydrogen-bond acceptors (Lipinski definition) is 1. The Labute approximate surface area is 90.9 Å². The van der Waals surface area contributed by atoms with E-state index in [1.807, 2.05) is 0 Å². The second kappa shape index (κ2) is 4.37. The van der Waals surface area contributed by atoms with E-state index < -0.39 is 10.2 Å². The van der Waals surface area contributed by atoms with Gasteiger partial charge in [0.05, 0.1) is 0 Å². The van der Waals surface area contributed by atoms with Crippen LogP contribution in [0.3, 0.4) is 0 Å². The fraction of sp³-hybridized carbons (Fsp3) is 0.500. The molecular weight excluding hydrogens is 190 g/mol. The maximum absolute atomic E-state index is 3.57. The predicted molar refractivity (Wildman–Crippen MR) is 69.4 cm³/mol. The SMILES string of the molecule is CCNS(C)(C)c1ccc(C)c(C)c1.[HH]. The molecule has 0 fully saturated rings. The van der Waals surface area contributed by atoms with Crippen molar-refractivity contribution in [2.24, 2.45) is 0 Å². The summed E-state index contributed by atoms with van der Waals surface area (Å²) in [5, 5.41) is 0. The lowest BCUT2D eigenvalue weighted by atomic mass is 10.1. The zero-order valence-corrected chi connectivity index (χ0v) is 10.7. The van der Waals surface area contributed by atoms with Crippen molar-refractivity contribution in [3.05, 3.63) is 29.3 Å². The summed E-state index contributed by atoms with van der Waals surface area (Å²) in [7, 11) is -0.800. The zero-order valence-electron chi connectivity index (χ0n) is 9.85. The molecule has 0 aliphatic carbocycles. The van der Waals surface area contributed by atoms with E-state index in [0.29, 0.717) is 0 Å². The Kier molecular flexibility index (Phi) is 3.62. The second-order valence-electron chi connectivity index (χ2n) is 4.07. The molecule has 2 heteroatoms. The first kappa shape index (κ1) is 11.6. The van der Waals surface area contributed by atoms with Gasteiger partial charge in [0.2, 0.25) is 0 Å². The summed E-state index contributed by atoms with van der Waals surface area (Å²) in [6.45, 7) is 7.54. The molecular formula is C12H23NS. The number of hydrogen-bond donors (Lipinski definition) is 1. The number of aryl methyl sites for hydroxylation is 2. The van der Waals surface area contributed by atoms with Crippen LogP contribution >= 0.6 is 10.2 Å². The molecule has 0 saturated heterocycles. The van der Waals surface area contributed by atoms with Crippen LogP contribution in [-0.2, 0) is 0 Å². The molecule has 1 aromatic rings. The van der Waals surface area contributed by atoms with Crippen molar-refractivity contribution in [3.8, 4) is 0 Å². The third-order valence-electron chi connectivity index (χ3n) is 2.57. The van der Waals surface area contributed by atoms with Crippen LogP contribution in [0.2, 0.25) is 0 Å². The van der Waals surface area contributed by atoms with Crippen LogP contribution in [0.1, 0.15) is 19.5 Å². The van der Waals surface area contributed by atoms with E-state index in [0.717, 1.165) is 6.54 Å². The highest BCUT2D eigenvalue weighted by Gasteiger charge is 2.12. The average molecular weight is 213 g/mol. The lowest BCUT2D eigenvalue weighted by Crippen LogP contribution is -2.18. The van der Waals surface area contributed by atoms with Crippen LogP contribution in [0.15, 0.2) is 23.1 Å². The van der Waals surface area contributed by atoms with Gasteiger partial charge in [-0.3, -0.25) is 4.72 Å². The van der Waals surface area contributed by atoms with E-state index in [4.69, 9.17) is 0 Å². The van der Waals surface area contributed by atoms with E-state index in [-0.39, 0.29) is 1.43 Å². The Morgan fingerprint density at radius 2 is 1.86 bits per heavy atom. The fourth-order valence-electron chi connectivity index (χ4n) is 1.48. The monoisotopic (exact) mass is 213 g/mol. The van der Waals surface area contributed by atoms with Gasteiger partial charge in [-0.1, -0.05) is 13.0 Å². The van der Waals surface area contributed by atoms with Crippen molar-refractivity contribution in [3.63, 3.8) is 0 Å². The van der Waals surface area contributed by atoms with Crippen molar-refractivity contribution in [1.29, 1.82) is 0 Å². The molecule has 0 atom stereocenters. The van der Waals surface area contributed by atoms with Crippen molar-refractivity contribution in [2.45, 2.75) is 25.7 Å². The first-order valence-electron chi connectivity index (χ1n) is 5.02. The molecule has 1 N–H and O–H groups in total. The fourth-order valence-corrected chi connectivity index (χ4v) is 3.24. The molecule has 0 bridgehead atoms. The van der Waals surface area contributed by atoms with Gasteiger partial charge in [-0.2, -0.15) is 10.2 Å². The van der Waals surface area contributed by atoms with Crippen molar-refractivity contribution < 1.29 is 1.43 Å². The highest BCUT2D eigenvalue weighted by Crippen LogP contribution is 2.45. The van der Waals surface area contributed by atoms with Gasteiger partial charge in [0.15, 0.2) is 0 Å². The van der Waals surface area contributed by atoms with Crippen LogP contribution in [0, 0.1) is 13.8 Å². The van der Waals surface area contributed by atoms with E-state index in [1.54, 1.807) is 0 Å². The standard InChI is InChI=1S/C12H21NS.H2/c1-6-13-14(4,5)12-8-7-10(2)11(3)9-12;/h7-9,13H,6H2,1-5H3;1H. The van der Waals surface area contributed by atoms with Crippen LogP contribution in [0.4, 0.5) is 0 Å². The predicted octanol–water partition coefficient (Wildman–Crippen LogP) is 3.50. The smallest absolute Gasteiger partial charge is 0.00196 e. The molecule has 0 amide bonds. The van der Waals surface area contributed by atoms with Crippen LogP contribution < -0.4 is 4.72 Å². The minimum atomic E-state index is -0.800. The molecule has 0 spiro atoms. The Bertz CT molecular complexity index is 323. The molecule has 0 unspecified atom stereocenters. The summed E-state index contributed by atoms with van der Waals surface area (Å²) in [6.07, 6.45) is 4.61. The molecule has 0 aliphatic rings. The maximum Gasteiger partial charge on any atom is 0.00196 e. The van der Waals surface area contributed by atoms with Gasteiger partial charge in [0.1, 0.15) is 0 Å². The van der Waals surface area contributed by atoms with Gasteiger partial charge in [-0.15, -0.1) is 0 Å². The highest BCUT2D eigenvalue weighted by atomic mass is 32.3. The molecule has 0 saturated carbocycles. The van der Waals surface area contributed by atoms with Crippen molar-refractivity contribution in [1.82, 2.24) is 4.72 Å². The van der Waals surface area contributed by atoms with Crippen molar-refractivity contribution in [2.75, 3.05) is 19.1 Å². The molecule has 0 aliphatic heterocycles. The summed E-state index contributed by atoms with van der Waals surface area (Å²) in [4.78, 5) is 1.45. The zero-order chi connectivity index (χ0) is 10.8. The highest BCUT2D eigenvalue weighted by molar-refractivity contribution is 8.31. The van der Waals surface area contributed by atoms with E-state index >= 15 is 0 Å². The maximum atomic E-state index is 3.57. The minimum absolute atomic E-state index is 0. The topological polar surface area (TPSA) is 12.0 Å². The molecule has 0 heterocycles. The molecule has 14 heavy (non-hydrogen) atoms. The summed E-state index contributed by atoms with van der Waals surface area (Å²) < 4.78 is 3.57. The first-order valence-corrected chi connectivity index (χ1v) is 7.47. The summed E-state index contributed by atoms with van der Waals surface area (Å²) in [5.41, 5.74) is 2.77. The van der Waals surface area contributed by atoms with E-state index in [1.165, 1.54) is 16.0 Å². The van der Waals surface area contributed by atoms with E-state index in [9.17, 15) is 0 Å².